The molecule has 0 bridgehead atoms. The van der Waals surface area contributed by atoms with Crippen LogP contribution in [0.15, 0.2) is 18.2 Å². The summed E-state index contributed by atoms with van der Waals surface area (Å²) in [5, 5.41) is 23.4. The summed E-state index contributed by atoms with van der Waals surface area (Å²) in [7, 11) is 0. The minimum atomic E-state index is -0.702. The van der Waals surface area contributed by atoms with Crippen LogP contribution >= 0.6 is 0 Å². The Morgan fingerprint density at radius 3 is 2.35 bits per heavy atom. The maximum atomic E-state index is 11.8. The number of hydrogen-bond donors (Lipinski definition) is 3. The summed E-state index contributed by atoms with van der Waals surface area (Å²) in [5.74, 6) is -0.288. The molecule has 0 radical (unpaired) electrons. The van der Waals surface area contributed by atoms with Crippen LogP contribution in [0.2, 0.25) is 0 Å². The molecule has 1 aromatic rings. The van der Waals surface area contributed by atoms with Gasteiger partial charge in [0, 0.05) is 17.6 Å². The molecule has 0 saturated carbocycles. The van der Waals surface area contributed by atoms with E-state index in [1.807, 2.05) is 20.8 Å². The molecular weight excluding hydrogens is 294 g/mol. The van der Waals surface area contributed by atoms with Crippen LogP contribution in [0, 0.1) is 5.41 Å². The van der Waals surface area contributed by atoms with E-state index in [4.69, 9.17) is 4.74 Å². The van der Waals surface area contributed by atoms with Gasteiger partial charge in [0.25, 0.3) is 0 Å². The van der Waals surface area contributed by atoms with E-state index in [0.717, 1.165) is 0 Å². The van der Waals surface area contributed by atoms with Crippen LogP contribution in [0.5, 0.6) is 5.75 Å². The smallest absolute Gasteiger partial charge is 0.311 e. The number of phenols is 1. The lowest BCUT2D eigenvalue weighted by molar-refractivity contribution is -0.154. The Balaban J connectivity index is 2.77. The Hall–Kier alpha value is -1.59. The molecule has 0 aromatic heterocycles. The van der Waals surface area contributed by atoms with Crippen LogP contribution in [-0.2, 0) is 16.1 Å². The lowest BCUT2D eigenvalue weighted by Crippen LogP contribution is -2.38. The maximum absolute atomic E-state index is 11.8. The van der Waals surface area contributed by atoms with Gasteiger partial charge >= 0.3 is 5.97 Å². The summed E-state index contributed by atoms with van der Waals surface area (Å²) >= 11 is 0. The molecule has 1 aromatic carbocycles. The lowest BCUT2D eigenvalue weighted by Gasteiger charge is -2.23. The van der Waals surface area contributed by atoms with Crippen LogP contribution in [0.3, 0.4) is 0 Å². The molecular formula is C18H29NO4. The second-order valence-corrected chi connectivity index (χ2v) is 7.86. The second-order valence-electron chi connectivity index (χ2n) is 7.86. The minimum absolute atomic E-state index is 0.0187. The zero-order valence-electron chi connectivity index (χ0n) is 14.9. The Labute approximate surface area is 138 Å². The molecule has 23 heavy (non-hydrogen) atoms. The van der Waals surface area contributed by atoms with Gasteiger partial charge in [-0.2, -0.15) is 0 Å². The molecule has 5 nitrogen and oxygen atoms in total. The fraction of sp³-hybridized carbons (Fsp3) is 0.611. The van der Waals surface area contributed by atoms with Gasteiger partial charge in [-0.1, -0.05) is 6.07 Å². The van der Waals surface area contributed by atoms with E-state index in [0.29, 0.717) is 17.7 Å². The summed E-state index contributed by atoms with van der Waals surface area (Å²) < 4.78 is 5.23. The van der Waals surface area contributed by atoms with Crippen molar-refractivity contribution in [2.45, 2.75) is 59.8 Å². The predicted molar refractivity (Wildman–Crippen MR) is 90.1 cm³/mol. The largest absolute Gasteiger partial charge is 0.508 e. The first kappa shape index (κ1) is 19.5. The van der Waals surface area contributed by atoms with E-state index in [2.05, 4.69) is 5.32 Å². The monoisotopic (exact) mass is 323 g/mol. The fourth-order valence-corrected chi connectivity index (χ4v) is 1.81. The van der Waals surface area contributed by atoms with Gasteiger partial charge < -0.3 is 20.3 Å². The molecule has 0 aliphatic rings. The van der Waals surface area contributed by atoms with Crippen molar-refractivity contribution in [3.8, 4) is 5.75 Å². The number of β-amino-alcohol motifs (C(OH)–C–C–N with tert-alkyl or cyclic N) is 1. The molecule has 0 amide bonds. The molecule has 0 aliphatic carbocycles. The highest BCUT2D eigenvalue weighted by Crippen LogP contribution is 2.25. The molecule has 0 unspecified atom stereocenters. The fourth-order valence-electron chi connectivity index (χ4n) is 1.81. The quantitative estimate of drug-likeness (QED) is 0.726. The van der Waals surface area contributed by atoms with Crippen molar-refractivity contribution in [2.24, 2.45) is 5.41 Å². The van der Waals surface area contributed by atoms with E-state index in [9.17, 15) is 15.0 Å². The first-order valence-electron chi connectivity index (χ1n) is 7.82. The van der Waals surface area contributed by atoms with Gasteiger partial charge in [0.15, 0.2) is 0 Å². The van der Waals surface area contributed by atoms with Gasteiger partial charge in [0.2, 0.25) is 0 Å². The Kier molecular flexibility index (Phi) is 6.19. The predicted octanol–water partition coefficient (Wildman–Crippen LogP) is 2.90. The van der Waals surface area contributed by atoms with E-state index in [1.165, 1.54) is 6.07 Å². The number of carbonyl (C=O) groups excluding carboxylic acids is 1. The number of esters is 1. The number of nitrogens with one attached hydrogen (secondary N) is 1. The molecule has 0 spiro atoms. The highest BCUT2D eigenvalue weighted by atomic mass is 16.5. The summed E-state index contributed by atoms with van der Waals surface area (Å²) in [6.07, 6.45) is -0.702. The van der Waals surface area contributed by atoms with Crippen molar-refractivity contribution in [3.63, 3.8) is 0 Å². The van der Waals surface area contributed by atoms with Crippen LogP contribution < -0.4 is 5.32 Å². The Morgan fingerprint density at radius 1 is 1.22 bits per heavy atom. The van der Waals surface area contributed by atoms with E-state index < -0.39 is 11.5 Å². The molecule has 0 heterocycles. The third-order valence-electron chi connectivity index (χ3n) is 3.29. The van der Waals surface area contributed by atoms with Crippen molar-refractivity contribution < 1.29 is 19.7 Å². The first-order valence-corrected chi connectivity index (χ1v) is 7.82. The third-order valence-corrected chi connectivity index (χ3v) is 3.29. The number of ether oxygens (including phenoxy) is 1. The second kappa shape index (κ2) is 7.32. The van der Waals surface area contributed by atoms with Gasteiger partial charge in [0.1, 0.15) is 12.4 Å². The summed E-state index contributed by atoms with van der Waals surface area (Å²) in [5.41, 5.74) is 0.461. The molecule has 5 heteroatoms. The zero-order valence-corrected chi connectivity index (χ0v) is 14.9. The third kappa shape index (κ3) is 6.59. The molecule has 0 aliphatic heterocycles. The number of benzene rings is 1. The zero-order chi connectivity index (χ0) is 17.8. The minimum Gasteiger partial charge on any atom is -0.508 e. The number of aromatic hydroxyl groups is 1. The van der Waals surface area contributed by atoms with Crippen LogP contribution in [0.25, 0.3) is 0 Å². The number of aliphatic hydroxyl groups is 1. The highest BCUT2D eigenvalue weighted by Gasteiger charge is 2.23. The molecule has 0 fully saturated rings. The number of hydrogen-bond acceptors (Lipinski definition) is 5. The van der Waals surface area contributed by atoms with E-state index in [-0.39, 0.29) is 23.9 Å². The average molecular weight is 323 g/mol. The summed E-state index contributed by atoms with van der Waals surface area (Å²) in [6, 6.07) is 4.84. The topological polar surface area (TPSA) is 78.8 Å². The Morgan fingerprint density at radius 2 is 1.83 bits per heavy atom. The average Bonchev–Trinajstić information content (AvgIpc) is 2.41. The van der Waals surface area contributed by atoms with Crippen molar-refractivity contribution >= 4 is 5.97 Å². The number of phenolic OH excluding ortho intramolecular Hbond substituents is 1. The summed E-state index contributed by atoms with van der Waals surface area (Å²) in [6.45, 7) is 11.8. The number of rotatable bonds is 5. The van der Waals surface area contributed by atoms with Gasteiger partial charge in [-0.25, -0.2) is 0 Å². The number of aliphatic hydroxyl groups excluding tert-OH is 1. The SMILES string of the molecule is CC(C)(C)NC[C@@H](O)c1ccc(O)c(COC(=O)C(C)(C)C)c1. The molecule has 0 saturated heterocycles. The van der Waals surface area contributed by atoms with E-state index in [1.54, 1.807) is 32.9 Å². The van der Waals surface area contributed by atoms with Gasteiger partial charge in [-0.3, -0.25) is 4.79 Å². The van der Waals surface area contributed by atoms with Crippen molar-refractivity contribution in [3.05, 3.63) is 29.3 Å². The van der Waals surface area contributed by atoms with Gasteiger partial charge in [-0.15, -0.1) is 0 Å². The first-order chi connectivity index (χ1) is 10.4. The summed E-state index contributed by atoms with van der Waals surface area (Å²) in [4.78, 5) is 11.8. The van der Waals surface area contributed by atoms with Crippen molar-refractivity contribution in [1.29, 1.82) is 0 Å². The lowest BCUT2D eigenvalue weighted by atomic mass is 9.97. The Bertz CT molecular complexity index is 541. The van der Waals surface area contributed by atoms with Gasteiger partial charge in [-0.05, 0) is 59.2 Å². The van der Waals surface area contributed by atoms with Crippen molar-refractivity contribution in [1.82, 2.24) is 5.32 Å². The maximum Gasteiger partial charge on any atom is 0.311 e. The molecule has 1 rings (SSSR count). The molecule has 1 atom stereocenters. The normalized spacial score (nSPS) is 13.7. The van der Waals surface area contributed by atoms with Crippen molar-refractivity contribution in [2.75, 3.05) is 6.54 Å². The van der Waals surface area contributed by atoms with Crippen LogP contribution in [-0.4, -0.2) is 28.3 Å². The van der Waals surface area contributed by atoms with E-state index >= 15 is 0 Å². The number of carbonyl (C=O) groups is 1. The molecule has 3 N–H and O–H groups in total. The van der Waals surface area contributed by atoms with Crippen LogP contribution in [0.1, 0.15) is 58.8 Å². The standard InChI is InChI=1S/C18H29NO4/c1-17(2,3)16(22)23-11-13-9-12(7-8-14(13)20)15(21)10-19-18(4,5)6/h7-9,15,19-21H,10-11H2,1-6H3/t15-/m1/s1. The highest BCUT2D eigenvalue weighted by molar-refractivity contribution is 5.75. The van der Waals surface area contributed by atoms with Crippen LogP contribution in [0.4, 0.5) is 0 Å². The molecule has 130 valence electrons. The van der Waals surface area contributed by atoms with Gasteiger partial charge in [0.05, 0.1) is 11.5 Å².